The number of carbonyl (C=O) groups is 3. The van der Waals surface area contributed by atoms with Crippen LogP contribution in [0.15, 0.2) is 102 Å². The van der Waals surface area contributed by atoms with E-state index in [9.17, 15) is 19.6 Å². The molecule has 0 spiro atoms. The van der Waals surface area contributed by atoms with E-state index in [1.807, 2.05) is 0 Å². The zero-order valence-electron chi connectivity index (χ0n) is 21.0. The van der Waals surface area contributed by atoms with Crippen molar-refractivity contribution >= 4 is 40.8 Å². The lowest BCUT2D eigenvalue weighted by molar-refractivity contribution is -0.139. The smallest absolute Gasteiger partial charge is 0.355 e. The number of amides is 1. The van der Waals surface area contributed by atoms with Gasteiger partial charge in [-0.3, -0.25) is 9.69 Å². The SMILES string of the molecule is COC(=O)C1=C(C(=O)OC)N(c2ccc(NC(=O)c3ccccc3Cl)cc2)C(N)=C(C#N)C1c1ccccc1. The van der Waals surface area contributed by atoms with Gasteiger partial charge in [-0.15, -0.1) is 0 Å². The van der Waals surface area contributed by atoms with Crippen molar-refractivity contribution < 1.29 is 23.9 Å². The van der Waals surface area contributed by atoms with Crippen molar-refractivity contribution in [1.82, 2.24) is 0 Å². The molecule has 196 valence electrons. The number of carbonyl (C=O) groups excluding carboxylic acids is 3. The average molecular weight is 543 g/mol. The van der Waals surface area contributed by atoms with E-state index in [0.717, 1.165) is 0 Å². The summed E-state index contributed by atoms with van der Waals surface area (Å²) in [6, 6.07) is 23.8. The number of nitrogens with one attached hydrogen (secondary N) is 1. The van der Waals surface area contributed by atoms with Gasteiger partial charge in [-0.05, 0) is 42.0 Å². The maximum Gasteiger partial charge on any atom is 0.355 e. The lowest BCUT2D eigenvalue weighted by Gasteiger charge is -2.35. The second-order valence-corrected chi connectivity index (χ2v) is 8.72. The number of esters is 2. The number of nitrogens with zero attached hydrogens (tertiary/aromatic N) is 2. The maximum absolute atomic E-state index is 13.1. The molecule has 3 aromatic rings. The third-order valence-electron chi connectivity index (χ3n) is 6.11. The summed E-state index contributed by atoms with van der Waals surface area (Å²) >= 11 is 6.12. The zero-order valence-corrected chi connectivity index (χ0v) is 21.7. The van der Waals surface area contributed by atoms with Crippen molar-refractivity contribution in [2.24, 2.45) is 5.73 Å². The number of ether oxygens (including phenoxy) is 2. The van der Waals surface area contributed by atoms with Crippen LogP contribution in [0.1, 0.15) is 21.8 Å². The number of nitriles is 1. The molecule has 1 unspecified atom stereocenters. The Balaban J connectivity index is 1.82. The molecule has 0 aromatic heterocycles. The van der Waals surface area contributed by atoms with E-state index in [1.165, 1.54) is 19.1 Å². The maximum atomic E-state index is 13.1. The third-order valence-corrected chi connectivity index (χ3v) is 6.44. The summed E-state index contributed by atoms with van der Waals surface area (Å²) in [5, 5.41) is 13.2. The lowest BCUT2D eigenvalue weighted by atomic mass is 9.81. The van der Waals surface area contributed by atoms with Crippen LogP contribution >= 0.6 is 11.6 Å². The summed E-state index contributed by atoms with van der Waals surface area (Å²) in [4.78, 5) is 40.2. The second-order valence-electron chi connectivity index (χ2n) is 8.32. The van der Waals surface area contributed by atoms with Crippen LogP contribution in [0.25, 0.3) is 0 Å². The molecule has 39 heavy (non-hydrogen) atoms. The van der Waals surface area contributed by atoms with Crippen molar-refractivity contribution in [3.05, 3.63) is 118 Å². The molecule has 3 aromatic carbocycles. The van der Waals surface area contributed by atoms with Gasteiger partial charge in [0.2, 0.25) is 0 Å². The van der Waals surface area contributed by atoms with Crippen molar-refractivity contribution in [1.29, 1.82) is 5.26 Å². The Morgan fingerprint density at radius 2 is 1.54 bits per heavy atom. The molecule has 0 bridgehead atoms. The van der Waals surface area contributed by atoms with Gasteiger partial charge in [0.25, 0.3) is 5.91 Å². The first-order chi connectivity index (χ1) is 18.8. The number of allylic oxidation sites excluding steroid dienone is 1. The molecule has 9 nitrogen and oxygen atoms in total. The third kappa shape index (κ3) is 5.19. The van der Waals surface area contributed by atoms with Crippen molar-refractivity contribution in [3.63, 3.8) is 0 Å². The first kappa shape index (κ1) is 27.0. The Hall–Kier alpha value is -5.07. The zero-order chi connectivity index (χ0) is 28.1. The molecule has 4 rings (SSSR count). The largest absolute Gasteiger partial charge is 0.466 e. The summed E-state index contributed by atoms with van der Waals surface area (Å²) in [6.07, 6.45) is 0. The predicted molar refractivity (Wildman–Crippen MR) is 145 cm³/mol. The number of halogens is 1. The van der Waals surface area contributed by atoms with Crippen molar-refractivity contribution in [2.45, 2.75) is 5.92 Å². The van der Waals surface area contributed by atoms with Gasteiger partial charge in [-0.2, -0.15) is 5.26 Å². The van der Waals surface area contributed by atoms with Crippen LogP contribution in [0.4, 0.5) is 11.4 Å². The van der Waals surface area contributed by atoms with Gasteiger partial charge in [0.1, 0.15) is 11.5 Å². The molecule has 1 amide bonds. The van der Waals surface area contributed by atoms with Gasteiger partial charge in [-0.25, -0.2) is 9.59 Å². The van der Waals surface area contributed by atoms with Gasteiger partial charge in [0.05, 0.1) is 47.9 Å². The van der Waals surface area contributed by atoms with Crippen molar-refractivity contribution in [2.75, 3.05) is 24.4 Å². The number of rotatable bonds is 6. The molecule has 0 fully saturated rings. The predicted octanol–water partition coefficient (Wildman–Crippen LogP) is 4.49. The molecular formula is C29H23ClN4O5. The van der Waals surface area contributed by atoms with Crippen LogP contribution in [0.2, 0.25) is 5.02 Å². The number of hydrogen-bond acceptors (Lipinski definition) is 8. The molecule has 0 saturated heterocycles. The van der Waals surface area contributed by atoms with Gasteiger partial charge < -0.3 is 20.5 Å². The number of methoxy groups -OCH3 is 2. The standard InChI is InChI=1S/C29H23ClN4O5/c1-38-28(36)24-23(17-8-4-3-5-9-17)21(16-31)26(32)34(25(24)29(37)39-2)19-14-12-18(13-15-19)33-27(35)20-10-6-7-11-22(20)30/h3-15,23H,32H2,1-2H3,(H,33,35). The van der Waals surface area contributed by atoms with Crippen LogP contribution in [0, 0.1) is 11.3 Å². The van der Waals surface area contributed by atoms with Gasteiger partial charge in [0, 0.05) is 11.4 Å². The van der Waals surface area contributed by atoms with Crippen LogP contribution in [-0.4, -0.2) is 32.1 Å². The fourth-order valence-electron chi connectivity index (χ4n) is 4.32. The van der Waals surface area contributed by atoms with E-state index in [4.69, 9.17) is 26.8 Å². The summed E-state index contributed by atoms with van der Waals surface area (Å²) < 4.78 is 10.1. The highest BCUT2D eigenvalue weighted by atomic mass is 35.5. The fraction of sp³-hybridized carbons (Fsp3) is 0.103. The average Bonchev–Trinajstić information content (AvgIpc) is 2.96. The highest BCUT2D eigenvalue weighted by Gasteiger charge is 2.42. The Bertz CT molecular complexity index is 1540. The Morgan fingerprint density at radius 3 is 2.13 bits per heavy atom. The van der Waals surface area contributed by atoms with Gasteiger partial charge >= 0.3 is 11.9 Å². The molecule has 1 aliphatic rings. The Kier molecular flexibility index (Phi) is 7.98. The minimum atomic E-state index is -0.969. The highest BCUT2D eigenvalue weighted by molar-refractivity contribution is 6.34. The van der Waals surface area contributed by atoms with Gasteiger partial charge in [-0.1, -0.05) is 54.1 Å². The first-order valence-electron chi connectivity index (χ1n) is 11.6. The van der Waals surface area contributed by atoms with E-state index in [0.29, 0.717) is 27.5 Å². The summed E-state index contributed by atoms with van der Waals surface area (Å²) in [7, 11) is 2.35. The topological polar surface area (TPSA) is 135 Å². The molecular weight excluding hydrogens is 520 g/mol. The molecule has 0 radical (unpaired) electrons. The Labute approximate surface area is 229 Å². The normalized spacial score (nSPS) is 14.9. The quantitative estimate of drug-likeness (QED) is 0.435. The molecule has 1 atom stereocenters. The molecule has 0 aliphatic carbocycles. The monoisotopic (exact) mass is 542 g/mol. The Morgan fingerprint density at radius 1 is 0.923 bits per heavy atom. The minimum Gasteiger partial charge on any atom is -0.466 e. The molecule has 1 aliphatic heterocycles. The lowest BCUT2D eigenvalue weighted by Crippen LogP contribution is -2.40. The van der Waals surface area contributed by atoms with Crippen molar-refractivity contribution in [3.8, 4) is 6.07 Å². The van der Waals surface area contributed by atoms with Crippen LogP contribution < -0.4 is 16.0 Å². The van der Waals surface area contributed by atoms with Crippen LogP contribution in [0.3, 0.4) is 0 Å². The summed E-state index contributed by atoms with van der Waals surface area (Å²) in [5.74, 6) is -3.12. The fourth-order valence-corrected chi connectivity index (χ4v) is 4.54. The number of nitrogens with two attached hydrogens (primary N) is 1. The van der Waals surface area contributed by atoms with E-state index in [2.05, 4.69) is 11.4 Å². The van der Waals surface area contributed by atoms with E-state index >= 15 is 0 Å². The van der Waals surface area contributed by atoms with Crippen LogP contribution in [0.5, 0.6) is 0 Å². The molecule has 1 heterocycles. The minimum absolute atomic E-state index is 0.0466. The van der Waals surface area contributed by atoms with E-state index < -0.39 is 23.8 Å². The van der Waals surface area contributed by atoms with E-state index in [-0.39, 0.29) is 22.7 Å². The number of hydrogen-bond donors (Lipinski definition) is 2. The van der Waals surface area contributed by atoms with E-state index in [1.54, 1.807) is 78.9 Å². The molecule has 10 heteroatoms. The highest BCUT2D eigenvalue weighted by Crippen LogP contribution is 2.43. The van der Waals surface area contributed by atoms with Crippen LogP contribution in [-0.2, 0) is 19.1 Å². The van der Waals surface area contributed by atoms with Gasteiger partial charge in [0.15, 0.2) is 0 Å². The summed E-state index contributed by atoms with van der Waals surface area (Å²) in [6.45, 7) is 0. The molecule has 3 N–H and O–H groups in total. The molecule has 0 saturated carbocycles. The number of anilines is 2. The summed E-state index contributed by atoms with van der Waals surface area (Å²) in [5.41, 5.74) is 7.89. The second kappa shape index (κ2) is 11.5. The first-order valence-corrected chi connectivity index (χ1v) is 12.0. The number of benzene rings is 3.